The zero-order valence-electron chi connectivity index (χ0n) is 7.13. The van der Waals surface area contributed by atoms with Crippen LogP contribution in [0.25, 0.3) is 0 Å². The lowest BCUT2D eigenvalue weighted by atomic mass is 10.1. The molecule has 1 atom stereocenters. The quantitative estimate of drug-likeness (QED) is 0.688. The average molecular weight is 186 g/mol. The van der Waals surface area contributed by atoms with Gasteiger partial charge in [-0.15, -0.1) is 0 Å². The van der Waals surface area contributed by atoms with Crippen LogP contribution in [0.15, 0.2) is 24.3 Å². The van der Waals surface area contributed by atoms with Crippen LogP contribution in [0.1, 0.15) is 12.5 Å². The third-order valence-corrected chi connectivity index (χ3v) is 2.11. The zero-order valence-corrected chi connectivity index (χ0v) is 7.89. The van der Waals surface area contributed by atoms with Crippen molar-refractivity contribution in [3.63, 3.8) is 0 Å². The Morgan fingerprint density at radius 2 is 2.17 bits per heavy atom. The maximum absolute atomic E-state index is 9.75. The normalized spacial score (nSPS) is 15.7. The number of nitrogens with one attached hydrogen (secondary N) is 1. The summed E-state index contributed by atoms with van der Waals surface area (Å²) in [4.78, 5) is 0. The van der Waals surface area contributed by atoms with Crippen molar-refractivity contribution in [3.05, 3.63) is 34.9 Å². The summed E-state index contributed by atoms with van der Waals surface area (Å²) in [5.41, 5.74) is -0.247. The Morgan fingerprint density at radius 1 is 1.50 bits per heavy atom. The van der Waals surface area contributed by atoms with Gasteiger partial charge in [-0.1, -0.05) is 23.7 Å². The van der Waals surface area contributed by atoms with Gasteiger partial charge in [0.25, 0.3) is 0 Å². The van der Waals surface area contributed by atoms with E-state index in [1.807, 2.05) is 12.1 Å². The molecule has 0 heterocycles. The predicted octanol–water partition coefficient (Wildman–Crippen LogP) is 1.72. The van der Waals surface area contributed by atoms with Crippen molar-refractivity contribution in [1.82, 2.24) is 5.32 Å². The maximum atomic E-state index is 9.75. The molecule has 1 rings (SSSR count). The van der Waals surface area contributed by atoms with E-state index in [1.54, 1.807) is 26.1 Å². The van der Waals surface area contributed by atoms with Gasteiger partial charge in [0.2, 0.25) is 0 Å². The van der Waals surface area contributed by atoms with E-state index in [2.05, 4.69) is 5.32 Å². The van der Waals surface area contributed by atoms with Gasteiger partial charge in [-0.25, -0.2) is 0 Å². The highest BCUT2D eigenvalue weighted by Gasteiger charge is 2.19. The van der Waals surface area contributed by atoms with Crippen molar-refractivity contribution in [2.75, 3.05) is 7.05 Å². The first-order valence-electron chi connectivity index (χ1n) is 3.73. The van der Waals surface area contributed by atoms with E-state index in [1.165, 1.54) is 0 Å². The van der Waals surface area contributed by atoms with Gasteiger partial charge in [0.1, 0.15) is 5.72 Å². The Hall–Kier alpha value is -0.570. The van der Waals surface area contributed by atoms with Gasteiger partial charge in [-0.2, -0.15) is 0 Å². The molecule has 2 nitrogen and oxygen atoms in total. The minimum Gasteiger partial charge on any atom is -0.372 e. The standard InChI is InChI=1S/C9H12ClNO/c1-9(12,11-2)7-4-3-5-8(10)6-7/h3-6,11-12H,1-2H3/t9-/m1/s1. The highest BCUT2D eigenvalue weighted by molar-refractivity contribution is 6.30. The average Bonchev–Trinajstić information content (AvgIpc) is 2.05. The Kier molecular flexibility index (Phi) is 2.73. The molecule has 0 unspecified atom stereocenters. The molecule has 0 amide bonds. The minimum absolute atomic E-state index is 0.628. The lowest BCUT2D eigenvalue weighted by Gasteiger charge is -2.22. The van der Waals surface area contributed by atoms with Gasteiger partial charge in [0.15, 0.2) is 0 Å². The molecule has 0 aliphatic carbocycles. The number of benzene rings is 1. The molecule has 0 saturated carbocycles. The van der Waals surface area contributed by atoms with Gasteiger partial charge in [-0.3, -0.25) is 5.32 Å². The molecular weight excluding hydrogens is 174 g/mol. The molecule has 12 heavy (non-hydrogen) atoms. The molecule has 0 bridgehead atoms. The van der Waals surface area contributed by atoms with Crippen LogP contribution in [0.3, 0.4) is 0 Å². The molecule has 0 radical (unpaired) electrons. The second-order valence-corrected chi connectivity index (χ2v) is 3.27. The highest BCUT2D eigenvalue weighted by Crippen LogP contribution is 2.20. The van der Waals surface area contributed by atoms with Crippen LogP contribution in [0, 0.1) is 0 Å². The SMILES string of the molecule is CN[C@](C)(O)c1cccc(Cl)c1. The Balaban J connectivity index is 3.03. The molecule has 0 saturated heterocycles. The molecule has 1 aromatic rings. The summed E-state index contributed by atoms with van der Waals surface area (Å²) in [6.07, 6.45) is 0. The lowest BCUT2D eigenvalue weighted by Crippen LogP contribution is -2.36. The second-order valence-electron chi connectivity index (χ2n) is 2.83. The van der Waals surface area contributed by atoms with Crippen molar-refractivity contribution >= 4 is 11.6 Å². The number of aliphatic hydroxyl groups is 1. The fourth-order valence-corrected chi connectivity index (χ4v) is 1.13. The third kappa shape index (κ3) is 1.97. The summed E-state index contributed by atoms with van der Waals surface area (Å²) in [6.45, 7) is 1.68. The van der Waals surface area contributed by atoms with Crippen molar-refractivity contribution in [2.24, 2.45) is 0 Å². The topological polar surface area (TPSA) is 32.3 Å². The lowest BCUT2D eigenvalue weighted by molar-refractivity contribution is 0.0282. The van der Waals surface area contributed by atoms with Crippen molar-refractivity contribution in [2.45, 2.75) is 12.6 Å². The van der Waals surface area contributed by atoms with Crippen LogP contribution in [0.4, 0.5) is 0 Å². The largest absolute Gasteiger partial charge is 0.372 e. The number of rotatable bonds is 2. The van der Waals surface area contributed by atoms with Gasteiger partial charge < -0.3 is 5.11 Å². The van der Waals surface area contributed by atoms with E-state index in [0.717, 1.165) is 5.56 Å². The van der Waals surface area contributed by atoms with Crippen LogP contribution >= 0.6 is 11.6 Å². The Bertz CT molecular complexity index is 273. The molecule has 0 aliphatic heterocycles. The first kappa shape index (κ1) is 9.52. The molecule has 3 heteroatoms. The second kappa shape index (κ2) is 3.44. The summed E-state index contributed by atoms with van der Waals surface area (Å²) in [6, 6.07) is 7.14. The van der Waals surface area contributed by atoms with Gasteiger partial charge in [0, 0.05) is 5.02 Å². The summed E-state index contributed by atoms with van der Waals surface area (Å²) in [7, 11) is 1.70. The zero-order chi connectivity index (χ0) is 9.19. The van der Waals surface area contributed by atoms with Crippen LogP contribution < -0.4 is 5.32 Å². The molecule has 0 aliphatic rings. The third-order valence-electron chi connectivity index (χ3n) is 1.87. The smallest absolute Gasteiger partial charge is 0.139 e. The summed E-state index contributed by atoms with van der Waals surface area (Å²) >= 11 is 5.77. The van der Waals surface area contributed by atoms with Crippen LogP contribution in [0.5, 0.6) is 0 Å². The maximum Gasteiger partial charge on any atom is 0.139 e. The van der Waals surface area contributed by atoms with E-state index in [4.69, 9.17) is 11.6 Å². The summed E-state index contributed by atoms with van der Waals surface area (Å²) in [5, 5.41) is 13.2. The summed E-state index contributed by atoms with van der Waals surface area (Å²) < 4.78 is 0. The van der Waals surface area contributed by atoms with Gasteiger partial charge >= 0.3 is 0 Å². The van der Waals surface area contributed by atoms with Crippen molar-refractivity contribution in [3.8, 4) is 0 Å². The Morgan fingerprint density at radius 3 is 2.67 bits per heavy atom. The first-order valence-corrected chi connectivity index (χ1v) is 4.11. The van der Waals surface area contributed by atoms with E-state index in [9.17, 15) is 5.11 Å². The molecule has 0 spiro atoms. The van der Waals surface area contributed by atoms with E-state index >= 15 is 0 Å². The molecule has 66 valence electrons. The minimum atomic E-state index is -1.01. The van der Waals surface area contributed by atoms with Gasteiger partial charge in [0.05, 0.1) is 0 Å². The highest BCUT2D eigenvalue weighted by atomic mass is 35.5. The van der Waals surface area contributed by atoms with Crippen molar-refractivity contribution < 1.29 is 5.11 Å². The van der Waals surface area contributed by atoms with Crippen LogP contribution in [-0.4, -0.2) is 12.2 Å². The molecule has 2 N–H and O–H groups in total. The fraction of sp³-hybridized carbons (Fsp3) is 0.333. The van der Waals surface area contributed by atoms with Crippen LogP contribution in [0.2, 0.25) is 5.02 Å². The predicted molar refractivity (Wildman–Crippen MR) is 50.1 cm³/mol. The fourth-order valence-electron chi connectivity index (χ4n) is 0.936. The van der Waals surface area contributed by atoms with Crippen molar-refractivity contribution in [1.29, 1.82) is 0 Å². The van der Waals surface area contributed by atoms with Gasteiger partial charge in [-0.05, 0) is 31.7 Å². The number of hydrogen-bond acceptors (Lipinski definition) is 2. The first-order chi connectivity index (χ1) is 5.56. The molecular formula is C9H12ClNO. The summed E-state index contributed by atoms with van der Waals surface area (Å²) in [5.74, 6) is 0. The molecule has 0 aromatic heterocycles. The van der Waals surface area contributed by atoms with E-state index in [0.29, 0.717) is 5.02 Å². The number of hydrogen-bond donors (Lipinski definition) is 2. The van der Waals surface area contributed by atoms with Crippen LogP contribution in [-0.2, 0) is 5.72 Å². The molecule has 1 aromatic carbocycles. The molecule has 0 fully saturated rings. The Labute approximate surface area is 77.2 Å². The number of halogens is 1. The monoisotopic (exact) mass is 185 g/mol. The van der Waals surface area contributed by atoms with E-state index in [-0.39, 0.29) is 0 Å². The van der Waals surface area contributed by atoms with E-state index < -0.39 is 5.72 Å².